The van der Waals surface area contributed by atoms with Gasteiger partial charge in [-0.2, -0.15) is 0 Å². The van der Waals surface area contributed by atoms with Gasteiger partial charge in [-0.15, -0.1) is 0 Å². The van der Waals surface area contributed by atoms with Gasteiger partial charge in [0.1, 0.15) is 7.05 Å². The van der Waals surface area contributed by atoms with Crippen molar-refractivity contribution in [1.82, 2.24) is 0 Å². The molecule has 0 aliphatic rings. The molecule has 1 aromatic heterocycles. The maximum atomic E-state index is 10.1. The van der Waals surface area contributed by atoms with Crippen LogP contribution in [0.25, 0.3) is 0 Å². The van der Waals surface area contributed by atoms with Crippen LogP contribution in [0.5, 0.6) is 0 Å². The topological polar surface area (TPSA) is 24.1 Å². The molecule has 0 spiro atoms. The van der Waals surface area contributed by atoms with E-state index < -0.39 is 6.10 Å². The van der Waals surface area contributed by atoms with E-state index in [1.54, 1.807) is 0 Å². The number of aliphatic hydroxyl groups is 1. The summed E-state index contributed by atoms with van der Waals surface area (Å²) in [5, 5.41) is 10.1. The monoisotopic (exact) mass is 341 g/mol. The molecule has 2 rings (SSSR count). The van der Waals surface area contributed by atoms with E-state index in [1.807, 2.05) is 66.3 Å². The van der Waals surface area contributed by atoms with Gasteiger partial charge in [0.2, 0.25) is 0 Å². The second-order valence-corrected chi connectivity index (χ2v) is 3.93. The summed E-state index contributed by atoms with van der Waals surface area (Å²) in [6, 6.07) is 15.8. The number of hydrogen-bond acceptors (Lipinski definition) is 1. The molecule has 0 saturated heterocycles. The molecule has 90 valence electrons. The Morgan fingerprint density at radius 1 is 1.06 bits per heavy atom. The zero-order chi connectivity index (χ0) is 11.4. The molecule has 0 aliphatic carbocycles. The zero-order valence-corrected chi connectivity index (χ0v) is 11.9. The first-order valence-corrected chi connectivity index (χ1v) is 5.44. The lowest BCUT2D eigenvalue weighted by Crippen LogP contribution is -3.00. The lowest BCUT2D eigenvalue weighted by Gasteiger charge is -2.09. The van der Waals surface area contributed by atoms with E-state index in [9.17, 15) is 5.11 Å². The van der Waals surface area contributed by atoms with Crippen LogP contribution in [0.15, 0.2) is 54.7 Å². The second kappa shape index (κ2) is 6.71. The summed E-state index contributed by atoms with van der Waals surface area (Å²) in [5.74, 6) is 0. The average Bonchev–Trinajstić information content (AvgIpc) is 2.33. The van der Waals surface area contributed by atoms with Gasteiger partial charge in [0, 0.05) is 12.1 Å². The summed E-state index contributed by atoms with van der Waals surface area (Å²) in [4.78, 5) is 0. The second-order valence-electron chi connectivity index (χ2n) is 3.93. The van der Waals surface area contributed by atoms with E-state index >= 15 is 0 Å². The van der Waals surface area contributed by atoms with Crippen molar-refractivity contribution >= 4 is 0 Å². The minimum Gasteiger partial charge on any atom is -1.00 e. The van der Waals surface area contributed by atoms with Crippen LogP contribution in [0.3, 0.4) is 0 Å². The summed E-state index contributed by atoms with van der Waals surface area (Å²) in [5.41, 5.74) is 2.09. The van der Waals surface area contributed by atoms with Gasteiger partial charge < -0.3 is 29.1 Å². The summed E-state index contributed by atoms with van der Waals surface area (Å²) in [6.45, 7) is 0. The molecule has 0 saturated carbocycles. The Bertz CT molecular complexity index is 459. The van der Waals surface area contributed by atoms with Crippen molar-refractivity contribution < 1.29 is 33.7 Å². The van der Waals surface area contributed by atoms with Crippen molar-refractivity contribution in [3.63, 3.8) is 0 Å². The summed E-state index contributed by atoms with van der Waals surface area (Å²) < 4.78 is 2.03. The van der Waals surface area contributed by atoms with Gasteiger partial charge in [-0.1, -0.05) is 36.4 Å². The maximum absolute atomic E-state index is 10.1. The SMILES string of the molecule is C[n+]1ccccc1CC(O)c1ccccc1.[I-]. The van der Waals surface area contributed by atoms with Crippen molar-refractivity contribution in [2.75, 3.05) is 0 Å². The minimum atomic E-state index is -0.435. The van der Waals surface area contributed by atoms with Gasteiger partial charge in [-0.3, -0.25) is 0 Å². The lowest BCUT2D eigenvalue weighted by atomic mass is 10.0. The Morgan fingerprint density at radius 2 is 1.71 bits per heavy atom. The fraction of sp³-hybridized carbons (Fsp3) is 0.214. The van der Waals surface area contributed by atoms with E-state index in [-0.39, 0.29) is 24.0 Å². The molecule has 0 amide bonds. The van der Waals surface area contributed by atoms with Crippen LogP contribution in [-0.2, 0) is 13.5 Å². The highest BCUT2D eigenvalue weighted by atomic mass is 127. The third kappa shape index (κ3) is 3.78. The number of hydrogen-bond donors (Lipinski definition) is 1. The number of halogens is 1. The quantitative estimate of drug-likeness (QED) is 0.550. The maximum Gasteiger partial charge on any atom is 0.184 e. The molecule has 0 radical (unpaired) electrons. The molecular weight excluding hydrogens is 325 g/mol. The molecule has 2 nitrogen and oxygen atoms in total. The highest BCUT2D eigenvalue weighted by Gasteiger charge is 2.13. The normalized spacial score (nSPS) is 11.6. The first-order chi connectivity index (χ1) is 7.77. The molecule has 17 heavy (non-hydrogen) atoms. The number of aliphatic hydroxyl groups excluding tert-OH is 1. The zero-order valence-electron chi connectivity index (χ0n) is 9.75. The van der Waals surface area contributed by atoms with Gasteiger partial charge in [0.15, 0.2) is 11.9 Å². The number of rotatable bonds is 3. The van der Waals surface area contributed by atoms with Gasteiger partial charge in [0.05, 0.1) is 12.5 Å². The Kier molecular flexibility index (Phi) is 5.58. The molecule has 0 bridgehead atoms. The molecule has 1 unspecified atom stereocenters. The fourth-order valence-corrected chi connectivity index (χ4v) is 1.76. The van der Waals surface area contributed by atoms with Gasteiger partial charge >= 0.3 is 0 Å². The third-order valence-corrected chi connectivity index (χ3v) is 2.75. The molecule has 3 heteroatoms. The smallest absolute Gasteiger partial charge is 0.184 e. The Balaban J connectivity index is 0.00000144. The number of aryl methyl sites for hydroxylation is 1. The van der Waals surface area contributed by atoms with E-state index in [2.05, 4.69) is 0 Å². The first kappa shape index (κ1) is 14.1. The van der Waals surface area contributed by atoms with Crippen molar-refractivity contribution in [1.29, 1.82) is 0 Å². The van der Waals surface area contributed by atoms with E-state index in [0.29, 0.717) is 6.42 Å². The van der Waals surface area contributed by atoms with Crippen LogP contribution in [0.4, 0.5) is 0 Å². The summed E-state index contributed by atoms with van der Waals surface area (Å²) in [6.07, 6.45) is 2.20. The summed E-state index contributed by atoms with van der Waals surface area (Å²) >= 11 is 0. The molecule has 0 fully saturated rings. The molecule has 1 atom stereocenters. The third-order valence-electron chi connectivity index (χ3n) is 2.75. The number of pyridine rings is 1. The lowest BCUT2D eigenvalue weighted by molar-refractivity contribution is -0.679. The van der Waals surface area contributed by atoms with E-state index in [1.165, 1.54) is 0 Å². The summed E-state index contributed by atoms with van der Waals surface area (Å²) in [7, 11) is 1.99. The van der Waals surface area contributed by atoms with Crippen molar-refractivity contribution in [3.05, 3.63) is 66.0 Å². The van der Waals surface area contributed by atoms with Crippen LogP contribution in [-0.4, -0.2) is 5.11 Å². The van der Waals surface area contributed by atoms with Crippen molar-refractivity contribution in [3.8, 4) is 0 Å². The fourth-order valence-electron chi connectivity index (χ4n) is 1.76. The van der Waals surface area contributed by atoms with Crippen molar-refractivity contribution in [2.24, 2.45) is 7.05 Å². The Hall–Kier alpha value is -0.940. The predicted octanol–water partition coefficient (Wildman–Crippen LogP) is -1.21. The van der Waals surface area contributed by atoms with Crippen LogP contribution < -0.4 is 28.5 Å². The largest absolute Gasteiger partial charge is 1.00 e. The molecule has 1 heterocycles. The van der Waals surface area contributed by atoms with Gasteiger partial charge in [-0.05, 0) is 5.56 Å². The highest BCUT2D eigenvalue weighted by Crippen LogP contribution is 2.15. The van der Waals surface area contributed by atoms with E-state index in [4.69, 9.17) is 0 Å². The number of benzene rings is 1. The Labute approximate surface area is 119 Å². The van der Waals surface area contributed by atoms with Crippen LogP contribution in [0.2, 0.25) is 0 Å². The van der Waals surface area contributed by atoms with Crippen LogP contribution >= 0.6 is 0 Å². The number of nitrogens with zero attached hydrogens (tertiary/aromatic N) is 1. The standard InChI is InChI=1S/C14H16NO.HI/c1-15-10-6-5-9-13(15)11-14(16)12-7-3-2-4-8-12;/h2-10,14,16H,11H2,1H3;1H/q+1;/p-1. The van der Waals surface area contributed by atoms with Crippen LogP contribution in [0, 0.1) is 0 Å². The molecule has 2 aromatic rings. The predicted molar refractivity (Wildman–Crippen MR) is 62.7 cm³/mol. The molecule has 1 aromatic carbocycles. The first-order valence-electron chi connectivity index (χ1n) is 5.44. The van der Waals surface area contributed by atoms with Crippen molar-refractivity contribution in [2.45, 2.75) is 12.5 Å². The molecule has 1 N–H and O–H groups in total. The Morgan fingerprint density at radius 3 is 2.35 bits per heavy atom. The van der Waals surface area contributed by atoms with Gasteiger partial charge in [-0.25, -0.2) is 4.57 Å². The number of aromatic nitrogens is 1. The highest BCUT2D eigenvalue weighted by molar-refractivity contribution is 5.18. The molecular formula is C14H16INO. The van der Waals surface area contributed by atoms with Crippen LogP contribution in [0.1, 0.15) is 17.4 Å². The van der Waals surface area contributed by atoms with E-state index in [0.717, 1.165) is 11.3 Å². The van der Waals surface area contributed by atoms with Gasteiger partial charge in [0.25, 0.3) is 0 Å². The molecule has 0 aliphatic heterocycles. The average molecular weight is 341 g/mol. The minimum absolute atomic E-state index is 0.